The zero-order valence-corrected chi connectivity index (χ0v) is 16.3. The second-order valence-corrected chi connectivity index (χ2v) is 8.06. The van der Waals surface area contributed by atoms with Crippen LogP contribution in [0.4, 0.5) is 10.1 Å². The van der Waals surface area contributed by atoms with Crippen molar-refractivity contribution in [1.82, 2.24) is 14.9 Å². The highest BCUT2D eigenvalue weighted by molar-refractivity contribution is 6.01. The summed E-state index contributed by atoms with van der Waals surface area (Å²) in [6.07, 6.45) is 3.60. The van der Waals surface area contributed by atoms with E-state index in [1.807, 2.05) is 24.1 Å². The van der Waals surface area contributed by atoms with E-state index in [4.69, 9.17) is 5.11 Å². The molecular formula is C22H23FN4O2. The number of pyridine rings is 1. The quantitative estimate of drug-likeness (QED) is 0.710. The van der Waals surface area contributed by atoms with Gasteiger partial charge in [-0.2, -0.15) is 0 Å². The van der Waals surface area contributed by atoms with Crippen molar-refractivity contribution >= 4 is 22.7 Å². The van der Waals surface area contributed by atoms with Gasteiger partial charge in [0, 0.05) is 53.6 Å². The average Bonchev–Trinajstić information content (AvgIpc) is 3.00. The Morgan fingerprint density at radius 3 is 2.83 bits per heavy atom. The molecular weight excluding hydrogens is 371 g/mol. The highest BCUT2D eigenvalue weighted by Gasteiger charge is 2.30. The topological polar surface area (TPSA) is 72.5 Å². The number of H-pyrrole nitrogens is 1. The van der Waals surface area contributed by atoms with E-state index in [1.54, 1.807) is 12.3 Å². The van der Waals surface area contributed by atoms with Crippen molar-refractivity contribution in [3.63, 3.8) is 0 Å². The molecule has 5 rings (SSSR count). The van der Waals surface area contributed by atoms with E-state index >= 15 is 0 Å². The minimum absolute atomic E-state index is 0.0988. The van der Waals surface area contributed by atoms with Gasteiger partial charge in [-0.1, -0.05) is 0 Å². The molecule has 0 bridgehead atoms. The summed E-state index contributed by atoms with van der Waals surface area (Å²) in [7, 11) is 2.04. The Hall–Kier alpha value is -2.93. The molecule has 6 nitrogen and oxygen atoms in total. The van der Waals surface area contributed by atoms with Gasteiger partial charge in [0.2, 0.25) is 0 Å². The number of anilines is 1. The Bertz CT molecular complexity index is 1100. The summed E-state index contributed by atoms with van der Waals surface area (Å²) in [5.74, 6) is -0.684. The zero-order chi connectivity index (χ0) is 20.1. The minimum atomic E-state index is -0.777. The fourth-order valence-corrected chi connectivity index (χ4v) is 4.89. The summed E-state index contributed by atoms with van der Waals surface area (Å²) >= 11 is 0. The predicted molar refractivity (Wildman–Crippen MR) is 110 cm³/mol. The molecule has 29 heavy (non-hydrogen) atoms. The lowest BCUT2D eigenvalue weighted by molar-refractivity contribution is -0.138. The first kappa shape index (κ1) is 18.1. The minimum Gasteiger partial charge on any atom is -0.480 e. The van der Waals surface area contributed by atoms with Crippen LogP contribution in [0.15, 0.2) is 30.5 Å². The molecule has 2 aliphatic rings. The molecule has 0 radical (unpaired) electrons. The number of carbonyl (C=O) groups is 1. The van der Waals surface area contributed by atoms with E-state index in [9.17, 15) is 9.18 Å². The second-order valence-electron chi connectivity index (χ2n) is 8.06. The maximum Gasteiger partial charge on any atom is 0.317 e. The molecule has 7 heteroatoms. The van der Waals surface area contributed by atoms with Gasteiger partial charge >= 0.3 is 5.97 Å². The third kappa shape index (κ3) is 3.06. The lowest BCUT2D eigenvalue weighted by Gasteiger charge is -2.31. The van der Waals surface area contributed by atoms with Crippen LogP contribution in [0, 0.1) is 5.82 Å². The third-order valence-corrected chi connectivity index (χ3v) is 6.24. The number of carboxylic acids is 1. The number of fused-ring (bicyclic) bond motifs is 2. The lowest BCUT2D eigenvalue weighted by Crippen LogP contribution is -2.37. The van der Waals surface area contributed by atoms with Crippen molar-refractivity contribution in [3.05, 3.63) is 47.5 Å². The zero-order valence-electron chi connectivity index (χ0n) is 16.3. The van der Waals surface area contributed by atoms with Gasteiger partial charge in [0.1, 0.15) is 11.5 Å². The van der Waals surface area contributed by atoms with Gasteiger partial charge in [-0.15, -0.1) is 0 Å². The van der Waals surface area contributed by atoms with Gasteiger partial charge in [0.05, 0.1) is 6.54 Å². The molecule has 2 aliphatic heterocycles. The van der Waals surface area contributed by atoms with Gasteiger partial charge in [-0.25, -0.2) is 9.37 Å². The maximum atomic E-state index is 14.0. The molecule has 2 aromatic heterocycles. The molecule has 0 unspecified atom stereocenters. The molecule has 1 saturated heterocycles. The molecule has 0 amide bonds. The van der Waals surface area contributed by atoms with Crippen LogP contribution in [0.25, 0.3) is 22.2 Å². The van der Waals surface area contributed by atoms with Crippen LogP contribution in [0.1, 0.15) is 30.0 Å². The molecule has 1 fully saturated rings. The van der Waals surface area contributed by atoms with E-state index in [2.05, 4.69) is 14.9 Å². The summed E-state index contributed by atoms with van der Waals surface area (Å²) in [6, 6.07) is 6.93. The first-order valence-corrected chi connectivity index (χ1v) is 9.96. The number of rotatable bonds is 3. The number of benzene rings is 1. The van der Waals surface area contributed by atoms with Crippen molar-refractivity contribution < 1.29 is 14.3 Å². The molecule has 0 atom stereocenters. The summed E-state index contributed by atoms with van der Waals surface area (Å²) < 4.78 is 14.0. The summed E-state index contributed by atoms with van der Waals surface area (Å²) in [5.41, 5.74) is 6.16. The van der Waals surface area contributed by atoms with Gasteiger partial charge in [0.15, 0.2) is 0 Å². The van der Waals surface area contributed by atoms with Crippen molar-refractivity contribution in [3.8, 4) is 11.1 Å². The van der Waals surface area contributed by atoms with Gasteiger partial charge < -0.3 is 15.0 Å². The van der Waals surface area contributed by atoms with Crippen LogP contribution in [-0.2, 0) is 11.3 Å². The Labute approximate surface area is 168 Å². The van der Waals surface area contributed by atoms with Gasteiger partial charge in [0.25, 0.3) is 0 Å². The number of carboxylic acid groups (broad SMARTS) is 1. The third-order valence-electron chi connectivity index (χ3n) is 6.24. The first-order valence-electron chi connectivity index (χ1n) is 9.96. The number of aromatic nitrogens is 2. The number of piperidine rings is 1. The monoisotopic (exact) mass is 394 g/mol. The van der Waals surface area contributed by atoms with E-state index in [0.717, 1.165) is 60.3 Å². The maximum absolute atomic E-state index is 14.0. The SMILES string of the molecule is CN1Cc2c(C3CCN(CC(=O)O)CC3)[nH]c3nccc(c23)-c2cc(F)ccc21. The van der Waals surface area contributed by atoms with E-state index < -0.39 is 5.97 Å². The van der Waals surface area contributed by atoms with Crippen LogP contribution in [0.5, 0.6) is 0 Å². The first-order chi connectivity index (χ1) is 14.0. The molecule has 2 N–H and O–H groups in total. The Morgan fingerprint density at radius 2 is 2.07 bits per heavy atom. The van der Waals surface area contributed by atoms with Crippen LogP contribution >= 0.6 is 0 Å². The largest absolute Gasteiger partial charge is 0.480 e. The molecule has 3 aromatic rings. The molecule has 1 aromatic carbocycles. The number of nitrogens with zero attached hydrogens (tertiary/aromatic N) is 3. The fraction of sp³-hybridized carbons (Fsp3) is 0.364. The van der Waals surface area contributed by atoms with Crippen molar-refractivity contribution in [1.29, 1.82) is 0 Å². The number of likely N-dealkylation sites (tertiary alicyclic amines) is 1. The highest BCUT2D eigenvalue weighted by Crippen LogP contribution is 2.43. The van der Waals surface area contributed by atoms with Crippen molar-refractivity contribution in [2.45, 2.75) is 25.3 Å². The van der Waals surface area contributed by atoms with Crippen LogP contribution in [0.2, 0.25) is 0 Å². The number of hydrogen-bond donors (Lipinski definition) is 2. The standard InChI is InChI=1S/C22H23FN4O2/c1-26-11-17-20-15(16-10-14(23)2-3-18(16)26)4-7-24-22(20)25-21(17)13-5-8-27(9-6-13)12-19(28)29/h2-4,7,10,13H,5-6,8-9,11-12H2,1H3,(H,24,25)(H,28,29). The van der Waals surface area contributed by atoms with E-state index in [0.29, 0.717) is 5.92 Å². The molecule has 0 spiro atoms. The average molecular weight is 394 g/mol. The number of aliphatic carboxylic acids is 1. The molecule has 150 valence electrons. The number of aromatic amines is 1. The smallest absolute Gasteiger partial charge is 0.317 e. The number of halogens is 1. The van der Waals surface area contributed by atoms with Crippen LogP contribution in [0.3, 0.4) is 0 Å². The second kappa shape index (κ2) is 6.84. The van der Waals surface area contributed by atoms with Crippen molar-refractivity contribution in [2.24, 2.45) is 0 Å². The predicted octanol–water partition coefficient (Wildman–Crippen LogP) is 3.58. The number of nitrogens with one attached hydrogen (secondary N) is 1. The van der Waals surface area contributed by atoms with Gasteiger partial charge in [-0.3, -0.25) is 9.69 Å². The van der Waals surface area contributed by atoms with E-state index in [-0.39, 0.29) is 12.4 Å². The Balaban J connectivity index is 1.57. The summed E-state index contributed by atoms with van der Waals surface area (Å²) in [5, 5.41) is 10.1. The summed E-state index contributed by atoms with van der Waals surface area (Å²) in [6.45, 7) is 2.37. The highest BCUT2D eigenvalue weighted by atomic mass is 19.1. The van der Waals surface area contributed by atoms with Gasteiger partial charge in [-0.05, 0) is 55.8 Å². The van der Waals surface area contributed by atoms with Crippen LogP contribution < -0.4 is 4.90 Å². The Morgan fingerprint density at radius 1 is 1.28 bits per heavy atom. The fourth-order valence-electron chi connectivity index (χ4n) is 4.89. The molecule has 0 saturated carbocycles. The summed E-state index contributed by atoms with van der Waals surface area (Å²) in [4.78, 5) is 23.3. The Kier molecular flexibility index (Phi) is 4.28. The lowest BCUT2D eigenvalue weighted by atomic mass is 9.90. The van der Waals surface area contributed by atoms with Crippen LogP contribution in [-0.4, -0.2) is 52.6 Å². The molecule has 4 heterocycles. The van der Waals surface area contributed by atoms with Crippen molar-refractivity contribution in [2.75, 3.05) is 31.6 Å². The number of hydrogen-bond acceptors (Lipinski definition) is 4. The van der Waals surface area contributed by atoms with E-state index in [1.165, 1.54) is 17.3 Å². The molecule has 0 aliphatic carbocycles. The normalized spacial score (nSPS) is 17.4.